The number of rotatable bonds is 6. The van der Waals surface area contributed by atoms with Crippen LogP contribution in [0.15, 0.2) is 78.9 Å². The van der Waals surface area contributed by atoms with E-state index in [1.165, 1.54) is 0 Å². The highest BCUT2D eigenvalue weighted by Gasteiger charge is 2.52. The predicted octanol–water partition coefficient (Wildman–Crippen LogP) is 2.98. The molecule has 9 heteroatoms. The minimum Gasteiger partial charge on any atom is -0.318 e. The first-order valence-electron chi connectivity index (χ1n) is 10.9. The molecule has 1 atom stereocenters. The smallest absolute Gasteiger partial charge is 0.318 e. The van der Waals surface area contributed by atoms with Crippen molar-refractivity contribution in [1.82, 2.24) is 30.7 Å². The number of hydrogen-bond acceptors (Lipinski definition) is 5. The Kier molecular flexibility index (Phi) is 5.29. The predicted molar refractivity (Wildman–Crippen MR) is 124 cm³/mol. The Balaban J connectivity index is 1.30. The van der Waals surface area contributed by atoms with E-state index in [0.29, 0.717) is 24.1 Å². The van der Waals surface area contributed by atoms with Gasteiger partial charge in [0, 0.05) is 5.56 Å². The van der Waals surface area contributed by atoms with Gasteiger partial charge >= 0.3 is 6.03 Å². The van der Waals surface area contributed by atoms with Crippen molar-refractivity contribution >= 4 is 28.9 Å². The van der Waals surface area contributed by atoms with Crippen molar-refractivity contribution in [2.45, 2.75) is 25.4 Å². The molecular formula is C25H22N6O3. The lowest BCUT2D eigenvalue weighted by molar-refractivity contribution is -0.133. The summed E-state index contributed by atoms with van der Waals surface area (Å²) in [5.74, 6) is -1.07. The zero-order valence-electron chi connectivity index (χ0n) is 18.4. The molecular weight excluding hydrogens is 432 g/mol. The number of nitrogens with zero attached hydrogens (tertiary/aromatic N) is 4. The molecule has 0 spiro atoms. The Bertz CT molecular complexity index is 1380. The zero-order chi connectivity index (χ0) is 23.7. The number of imide groups is 1. The van der Waals surface area contributed by atoms with E-state index >= 15 is 0 Å². The fraction of sp³-hybridized carbons (Fsp3) is 0.160. The molecule has 4 aromatic rings. The Morgan fingerprint density at radius 2 is 1.68 bits per heavy atom. The summed E-state index contributed by atoms with van der Waals surface area (Å²) >= 11 is 0. The molecule has 1 aliphatic heterocycles. The van der Waals surface area contributed by atoms with Gasteiger partial charge in [-0.2, -0.15) is 5.01 Å². The Hall–Kier alpha value is -4.53. The number of aromatic nitrogens is 3. The third-order valence-electron chi connectivity index (χ3n) is 6.07. The summed E-state index contributed by atoms with van der Waals surface area (Å²) in [6, 6.07) is 22.9. The number of amides is 4. The van der Waals surface area contributed by atoms with Gasteiger partial charge in [0.2, 0.25) is 0 Å². The summed E-state index contributed by atoms with van der Waals surface area (Å²) in [5, 5.41) is 11.8. The molecule has 1 aliphatic rings. The first-order valence-corrected chi connectivity index (χ1v) is 10.9. The van der Waals surface area contributed by atoms with Gasteiger partial charge < -0.3 is 5.32 Å². The number of carbonyl (C=O) groups excluding carboxylic acids is 3. The van der Waals surface area contributed by atoms with Gasteiger partial charge in [0.1, 0.15) is 11.1 Å². The molecule has 34 heavy (non-hydrogen) atoms. The summed E-state index contributed by atoms with van der Waals surface area (Å²) in [7, 11) is 0. The monoisotopic (exact) mass is 454 g/mol. The van der Waals surface area contributed by atoms with E-state index in [-0.39, 0.29) is 0 Å². The molecule has 1 aromatic heterocycles. The van der Waals surface area contributed by atoms with Gasteiger partial charge in [-0.15, -0.1) is 5.10 Å². The fourth-order valence-corrected chi connectivity index (χ4v) is 4.17. The summed E-state index contributed by atoms with van der Waals surface area (Å²) in [6.45, 7) is 2.30. The number of carbonyl (C=O) groups is 3. The van der Waals surface area contributed by atoms with Crippen LogP contribution in [0.25, 0.3) is 11.0 Å². The highest BCUT2D eigenvalue weighted by molar-refractivity contribution is 6.09. The second kappa shape index (κ2) is 8.43. The van der Waals surface area contributed by atoms with Crippen molar-refractivity contribution in [2.75, 3.05) is 0 Å². The molecule has 0 unspecified atom stereocenters. The van der Waals surface area contributed by atoms with Crippen molar-refractivity contribution in [3.8, 4) is 0 Å². The average Bonchev–Trinajstić information content (AvgIpc) is 3.39. The number of benzene rings is 3. The second-order valence-electron chi connectivity index (χ2n) is 8.07. The minimum atomic E-state index is -1.21. The van der Waals surface area contributed by atoms with Crippen molar-refractivity contribution < 1.29 is 14.4 Å². The highest BCUT2D eigenvalue weighted by atomic mass is 16.2. The van der Waals surface area contributed by atoms with E-state index < -0.39 is 23.4 Å². The maximum atomic E-state index is 13.2. The summed E-state index contributed by atoms with van der Waals surface area (Å²) in [6.07, 6.45) is 0.347. The molecule has 0 radical (unpaired) electrons. The lowest BCUT2D eigenvalue weighted by Crippen LogP contribution is -2.48. The molecule has 2 heterocycles. The van der Waals surface area contributed by atoms with Crippen LogP contribution < -0.4 is 10.7 Å². The number of fused-ring (bicyclic) bond motifs is 1. The minimum absolute atomic E-state index is 0.321. The Labute approximate surface area is 195 Å². The third-order valence-corrected chi connectivity index (χ3v) is 6.07. The van der Waals surface area contributed by atoms with Crippen LogP contribution >= 0.6 is 0 Å². The maximum absolute atomic E-state index is 13.2. The molecule has 1 saturated heterocycles. The van der Waals surface area contributed by atoms with Crippen LogP contribution in [0.5, 0.6) is 0 Å². The lowest BCUT2D eigenvalue weighted by atomic mass is 9.87. The van der Waals surface area contributed by atoms with Crippen LogP contribution in [0.3, 0.4) is 0 Å². The molecule has 170 valence electrons. The first-order chi connectivity index (χ1) is 16.5. The quantitative estimate of drug-likeness (QED) is 0.436. The molecule has 0 bridgehead atoms. The molecule has 0 aliphatic carbocycles. The van der Waals surface area contributed by atoms with Gasteiger partial charge in [0.05, 0.1) is 12.1 Å². The number of hydrogen-bond donors (Lipinski definition) is 2. The lowest BCUT2D eigenvalue weighted by Gasteiger charge is -2.25. The van der Waals surface area contributed by atoms with Crippen molar-refractivity contribution in [3.05, 3.63) is 95.6 Å². The Morgan fingerprint density at radius 1 is 0.971 bits per heavy atom. The molecule has 2 N–H and O–H groups in total. The molecule has 3 aromatic carbocycles. The molecule has 0 saturated carbocycles. The van der Waals surface area contributed by atoms with Gasteiger partial charge in [-0.1, -0.05) is 66.7 Å². The van der Waals surface area contributed by atoms with Crippen LogP contribution in [0.2, 0.25) is 0 Å². The summed E-state index contributed by atoms with van der Waals surface area (Å²) < 4.78 is 1.78. The first kappa shape index (κ1) is 21.3. The fourth-order valence-electron chi connectivity index (χ4n) is 4.17. The van der Waals surface area contributed by atoms with E-state index in [4.69, 9.17) is 0 Å². The van der Waals surface area contributed by atoms with Crippen molar-refractivity contribution in [3.63, 3.8) is 0 Å². The van der Waals surface area contributed by atoms with Crippen LogP contribution in [-0.4, -0.2) is 37.8 Å². The topological polar surface area (TPSA) is 109 Å². The maximum Gasteiger partial charge on any atom is 0.344 e. The van der Waals surface area contributed by atoms with Gasteiger partial charge in [-0.25, -0.2) is 9.48 Å². The molecule has 4 amide bonds. The largest absolute Gasteiger partial charge is 0.344 e. The van der Waals surface area contributed by atoms with Crippen LogP contribution in [0.1, 0.15) is 34.8 Å². The van der Waals surface area contributed by atoms with E-state index in [9.17, 15) is 14.4 Å². The molecule has 9 nitrogen and oxygen atoms in total. The highest BCUT2D eigenvalue weighted by Crippen LogP contribution is 2.31. The van der Waals surface area contributed by atoms with Crippen LogP contribution in [-0.2, 0) is 16.9 Å². The van der Waals surface area contributed by atoms with Crippen LogP contribution in [0, 0.1) is 0 Å². The van der Waals surface area contributed by atoms with Gasteiger partial charge in [-0.05, 0) is 41.8 Å². The SMILES string of the molecule is CC[C@@]1(c2ccccc2)NC(=O)N(NC(=O)c2ccc(Cn3nnc4ccccc43)cc2)C1=O. The van der Waals surface area contributed by atoms with E-state index in [2.05, 4.69) is 21.1 Å². The zero-order valence-corrected chi connectivity index (χ0v) is 18.4. The molecule has 5 rings (SSSR count). The standard InChI is InChI=1S/C25H22N6O3/c1-2-25(19-8-4-3-5-9-19)23(33)31(24(34)26-25)28-22(32)18-14-12-17(13-15-18)16-30-21-11-7-6-10-20(21)27-29-30/h3-15H,2,16H2,1H3,(H,26,34)(H,28,32)/t25-/m0/s1. The van der Waals surface area contributed by atoms with E-state index in [0.717, 1.165) is 21.6 Å². The van der Waals surface area contributed by atoms with Crippen LogP contribution in [0.4, 0.5) is 4.79 Å². The summed E-state index contributed by atoms with van der Waals surface area (Å²) in [5.41, 5.74) is 4.88. The normalized spacial score (nSPS) is 17.7. The van der Waals surface area contributed by atoms with E-state index in [1.54, 1.807) is 53.2 Å². The molecule has 1 fully saturated rings. The number of urea groups is 1. The van der Waals surface area contributed by atoms with Crippen molar-refractivity contribution in [1.29, 1.82) is 0 Å². The number of hydrazine groups is 1. The number of para-hydroxylation sites is 1. The number of nitrogens with one attached hydrogen (secondary N) is 2. The average molecular weight is 454 g/mol. The van der Waals surface area contributed by atoms with Gasteiger partial charge in [-0.3, -0.25) is 15.0 Å². The van der Waals surface area contributed by atoms with Gasteiger partial charge in [0.25, 0.3) is 11.8 Å². The Morgan fingerprint density at radius 3 is 2.41 bits per heavy atom. The summed E-state index contributed by atoms with van der Waals surface area (Å²) in [4.78, 5) is 38.6. The third kappa shape index (κ3) is 3.57. The van der Waals surface area contributed by atoms with Gasteiger partial charge in [0.15, 0.2) is 0 Å². The van der Waals surface area contributed by atoms with Crippen molar-refractivity contribution in [2.24, 2.45) is 0 Å². The second-order valence-corrected chi connectivity index (χ2v) is 8.07. The van der Waals surface area contributed by atoms with E-state index in [1.807, 2.05) is 37.3 Å².